The van der Waals surface area contributed by atoms with Crippen LogP contribution in [0.1, 0.15) is 16.1 Å². The Morgan fingerprint density at radius 3 is 2.73 bits per heavy atom. The number of carbonyl (C=O) groups is 1. The number of hydrogen-bond donors (Lipinski definition) is 0. The van der Waals surface area contributed by atoms with Crippen molar-refractivity contribution in [2.75, 3.05) is 0 Å². The van der Waals surface area contributed by atoms with Crippen LogP contribution in [-0.4, -0.2) is 14.5 Å². The molecule has 0 amide bonds. The monoisotopic (exact) mass is 214 g/mol. The molecule has 0 fully saturated rings. The highest BCUT2D eigenvalue weighted by Crippen LogP contribution is 1.98. The van der Waals surface area contributed by atoms with Crippen LogP contribution in [0.15, 0.2) is 36.5 Å². The lowest BCUT2D eigenvalue weighted by Gasteiger charge is -1.85. The zero-order chi connectivity index (χ0) is 10.5. The lowest BCUT2D eigenvalue weighted by atomic mass is 10.2. The van der Waals surface area contributed by atoms with Crippen molar-refractivity contribution in [2.45, 2.75) is 0 Å². The number of carbonyl (C=O) groups excluding carboxylic acids is 1. The Morgan fingerprint density at radius 1 is 1.27 bits per heavy atom. The Labute approximate surface area is 91.1 Å². The summed E-state index contributed by atoms with van der Waals surface area (Å²) in [6.45, 7) is 0. The largest absolute Gasteiger partial charge is 0.277 e. The summed E-state index contributed by atoms with van der Waals surface area (Å²) in [5.41, 5.74) is 1.12. The van der Waals surface area contributed by atoms with Gasteiger partial charge < -0.3 is 0 Å². The van der Waals surface area contributed by atoms with Crippen LogP contribution in [0.5, 0.6) is 0 Å². The number of hydrogen-bond acceptors (Lipinski definition) is 4. The molecule has 0 saturated carbocycles. The van der Waals surface area contributed by atoms with Gasteiger partial charge in [-0.2, -0.15) is 8.75 Å². The number of nitrogens with zero attached hydrogens (tertiary/aromatic N) is 2. The molecule has 1 aromatic heterocycles. The molecule has 1 heterocycles. The molecule has 2 aromatic rings. The smallest absolute Gasteiger partial charge is 0.257 e. The van der Waals surface area contributed by atoms with Crippen LogP contribution in [0.3, 0.4) is 0 Å². The summed E-state index contributed by atoms with van der Waals surface area (Å²) in [6.07, 6.45) is 1.42. The molecule has 0 atom stereocenters. The Bertz CT molecular complexity index is 509. The molecule has 1 aromatic carbocycles. The van der Waals surface area contributed by atoms with Crippen LogP contribution in [0.4, 0.5) is 0 Å². The van der Waals surface area contributed by atoms with Crippen LogP contribution in [-0.2, 0) is 0 Å². The van der Waals surface area contributed by atoms with Crippen molar-refractivity contribution in [3.8, 4) is 11.8 Å². The van der Waals surface area contributed by atoms with Crippen molar-refractivity contribution in [1.29, 1.82) is 0 Å². The molecule has 0 radical (unpaired) electrons. The first-order chi connectivity index (χ1) is 7.36. The Hall–Kier alpha value is -1.99. The minimum atomic E-state index is -0.299. The van der Waals surface area contributed by atoms with Crippen molar-refractivity contribution < 1.29 is 4.79 Å². The van der Waals surface area contributed by atoms with Gasteiger partial charge in [0.1, 0.15) is 0 Å². The predicted molar refractivity (Wildman–Crippen MR) is 57.6 cm³/mol. The quantitative estimate of drug-likeness (QED) is 0.536. The summed E-state index contributed by atoms with van der Waals surface area (Å²) in [6, 6.07) is 9.34. The SMILES string of the molecule is O=C(C#Cc1ccccc1)c1cnsn1. The van der Waals surface area contributed by atoms with E-state index in [1.807, 2.05) is 30.3 Å². The third-order valence-electron chi connectivity index (χ3n) is 1.69. The average molecular weight is 214 g/mol. The van der Waals surface area contributed by atoms with Crippen molar-refractivity contribution in [2.24, 2.45) is 0 Å². The van der Waals surface area contributed by atoms with Gasteiger partial charge in [-0.25, -0.2) is 0 Å². The van der Waals surface area contributed by atoms with Gasteiger partial charge in [0.15, 0.2) is 5.69 Å². The molecule has 0 aliphatic heterocycles. The van der Waals surface area contributed by atoms with Crippen molar-refractivity contribution in [1.82, 2.24) is 8.75 Å². The fraction of sp³-hybridized carbons (Fsp3) is 0. The highest BCUT2D eigenvalue weighted by atomic mass is 32.1. The molecule has 0 aliphatic carbocycles. The van der Waals surface area contributed by atoms with Gasteiger partial charge in [-0.3, -0.25) is 4.79 Å². The minimum Gasteiger partial charge on any atom is -0.277 e. The molecule has 0 N–H and O–H groups in total. The lowest BCUT2D eigenvalue weighted by molar-refractivity contribution is 0.105. The van der Waals surface area contributed by atoms with Crippen LogP contribution >= 0.6 is 11.7 Å². The van der Waals surface area contributed by atoms with Crippen LogP contribution in [0, 0.1) is 11.8 Å². The van der Waals surface area contributed by atoms with E-state index in [2.05, 4.69) is 20.6 Å². The molecule has 0 saturated heterocycles. The highest BCUT2D eigenvalue weighted by Gasteiger charge is 2.03. The first-order valence-corrected chi connectivity index (χ1v) is 4.98. The van der Waals surface area contributed by atoms with Gasteiger partial charge in [0.2, 0.25) is 0 Å². The van der Waals surface area contributed by atoms with Gasteiger partial charge in [-0.15, -0.1) is 0 Å². The summed E-state index contributed by atoms with van der Waals surface area (Å²) in [4.78, 5) is 11.4. The van der Waals surface area contributed by atoms with E-state index in [0.29, 0.717) is 5.69 Å². The predicted octanol–water partition coefficient (Wildman–Crippen LogP) is 1.77. The molecule has 0 bridgehead atoms. The molecule has 3 nitrogen and oxygen atoms in total. The van der Waals surface area contributed by atoms with E-state index in [-0.39, 0.29) is 5.78 Å². The summed E-state index contributed by atoms with van der Waals surface area (Å²) < 4.78 is 7.55. The molecule has 15 heavy (non-hydrogen) atoms. The van der Waals surface area contributed by atoms with Crippen LogP contribution in [0.2, 0.25) is 0 Å². The maximum atomic E-state index is 11.4. The number of ketones is 1. The van der Waals surface area contributed by atoms with E-state index in [9.17, 15) is 4.79 Å². The van der Waals surface area contributed by atoms with Gasteiger partial charge >= 0.3 is 0 Å². The second kappa shape index (κ2) is 4.49. The number of benzene rings is 1. The topological polar surface area (TPSA) is 42.9 Å². The van der Waals surface area contributed by atoms with Gasteiger partial charge in [0.05, 0.1) is 17.9 Å². The average Bonchev–Trinajstić information content (AvgIpc) is 2.81. The molecule has 2 rings (SSSR count). The summed E-state index contributed by atoms with van der Waals surface area (Å²) >= 11 is 1.00. The maximum Gasteiger partial charge on any atom is 0.257 e. The molecule has 72 valence electrons. The van der Waals surface area contributed by atoms with Crippen LogP contribution < -0.4 is 0 Å². The number of rotatable bonds is 1. The number of Topliss-reactive ketones (excluding diaryl/α,β-unsaturated/α-hetero) is 1. The Balaban J connectivity index is 2.17. The molecular formula is C11H6N2OS. The fourth-order valence-corrected chi connectivity index (χ4v) is 1.39. The zero-order valence-electron chi connectivity index (χ0n) is 7.68. The molecule has 0 unspecified atom stereocenters. The summed E-state index contributed by atoms with van der Waals surface area (Å²) in [5, 5.41) is 0. The van der Waals surface area contributed by atoms with Gasteiger partial charge in [0, 0.05) is 5.56 Å². The van der Waals surface area contributed by atoms with Gasteiger partial charge in [0.25, 0.3) is 5.78 Å². The molecular weight excluding hydrogens is 208 g/mol. The van der Waals surface area contributed by atoms with E-state index in [1.165, 1.54) is 6.20 Å². The molecule has 0 aliphatic rings. The van der Waals surface area contributed by atoms with Gasteiger partial charge in [-0.05, 0) is 18.1 Å². The minimum absolute atomic E-state index is 0.299. The Kier molecular flexibility index (Phi) is 2.86. The first-order valence-electron chi connectivity index (χ1n) is 4.25. The second-order valence-electron chi connectivity index (χ2n) is 2.74. The van der Waals surface area contributed by atoms with Crippen molar-refractivity contribution in [3.05, 3.63) is 47.8 Å². The molecule has 0 spiro atoms. The van der Waals surface area contributed by atoms with E-state index in [4.69, 9.17) is 0 Å². The van der Waals surface area contributed by atoms with Crippen molar-refractivity contribution >= 4 is 17.5 Å². The van der Waals surface area contributed by atoms with E-state index in [0.717, 1.165) is 17.3 Å². The van der Waals surface area contributed by atoms with Crippen molar-refractivity contribution in [3.63, 3.8) is 0 Å². The third kappa shape index (κ3) is 2.48. The summed E-state index contributed by atoms with van der Waals surface area (Å²) in [5.74, 6) is 4.99. The summed E-state index contributed by atoms with van der Waals surface area (Å²) in [7, 11) is 0. The van der Waals surface area contributed by atoms with E-state index in [1.54, 1.807) is 0 Å². The first kappa shape index (κ1) is 9.56. The highest BCUT2D eigenvalue weighted by molar-refractivity contribution is 6.99. The second-order valence-corrected chi connectivity index (χ2v) is 3.29. The van der Waals surface area contributed by atoms with E-state index >= 15 is 0 Å². The standard InChI is InChI=1S/C11H6N2OS/c14-11(10-8-12-15-13-10)7-6-9-4-2-1-3-5-9/h1-5,8H. The third-order valence-corrected chi connectivity index (χ3v) is 2.17. The Morgan fingerprint density at radius 2 is 2.07 bits per heavy atom. The van der Waals surface area contributed by atoms with Crippen LogP contribution in [0.25, 0.3) is 0 Å². The fourth-order valence-electron chi connectivity index (χ4n) is 0.979. The number of aromatic nitrogens is 2. The van der Waals surface area contributed by atoms with Gasteiger partial charge in [-0.1, -0.05) is 24.1 Å². The van der Waals surface area contributed by atoms with E-state index < -0.39 is 0 Å². The lowest BCUT2D eigenvalue weighted by Crippen LogP contribution is -1.94. The normalized spacial score (nSPS) is 9.07. The zero-order valence-corrected chi connectivity index (χ0v) is 8.49. The maximum absolute atomic E-state index is 11.4. The molecule has 4 heteroatoms.